The first-order chi connectivity index (χ1) is 10.4. The quantitative estimate of drug-likeness (QED) is 0.834. The smallest absolute Gasteiger partial charge is 0.237 e. The molecule has 2 amide bonds. The molecule has 22 heavy (non-hydrogen) atoms. The van der Waals surface area contributed by atoms with Crippen molar-refractivity contribution in [1.82, 2.24) is 15.1 Å². The van der Waals surface area contributed by atoms with Gasteiger partial charge in [-0.2, -0.15) is 5.26 Å². The lowest BCUT2D eigenvalue weighted by Crippen LogP contribution is -2.58. The van der Waals surface area contributed by atoms with Gasteiger partial charge in [0.1, 0.15) is 0 Å². The lowest BCUT2D eigenvalue weighted by molar-refractivity contribution is -0.140. The molecule has 0 bridgehead atoms. The van der Waals surface area contributed by atoms with Gasteiger partial charge in [-0.15, -0.1) is 0 Å². The molecular weight excluding hydrogens is 280 g/mol. The summed E-state index contributed by atoms with van der Waals surface area (Å²) in [4.78, 5) is 28.5. The van der Waals surface area contributed by atoms with Crippen molar-refractivity contribution in [2.75, 3.05) is 26.2 Å². The maximum absolute atomic E-state index is 12.5. The Morgan fingerprint density at radius 3 is 2.59 bits per heavy atom. The number of hydrogen-bond acceptors (Lipinski definition) is 4. The first-order valence-electron chi connectivity index (χ1n) is 8.09. The van der Waals surface area contributed by atoms with Gasteiger partial charge in [-0.05, 0) is 33.6 Å². The van der Waals surface area contributed by atoms with E-state index in [1.807, 2.05) is 6.92 Å². The standard InChI is InChI=1S/C16H26N4O2/c1-12(2)20-9-6-18-15(22)13(20)10-14(21)19-7-4-16(3,11-17)5-8-19/h12-13H,4-10H2,1-3H3,(H,18,22). The Hall–Kier alpha value is -1.61. The van der Waals surface area contributed by atoms with E-state index in [0.717, 1.165) is 6.54 Å². The van der Waals surface area contributed by atoms with E-state index in [1.165, 1.54) is 0 Å². The Labute approximate surface area is 132 Å². The molecule has 2 saturated heterocycles. The summed E-state index contributed by atoms with van der Waals surface area (Å²) in [6.07, 6.45) is 1.65. The molecule has 0 saturated carbocycles. The number of carbonyl (C=O) groups excluding carboxylic acids is 2. The zero-order chi connectivity index (χ0) is 16.3. The van der Waals surface area contributed by atoms with Crippen LogP contribution in [-0.2, 0) is 9.59 Å². The number of nitrogens with zero attached hydrogens (tertiary/aromatic N) is 3. The number of piperazine rings is 1. The van der Waals surface area contributed by atoms with E-state index in [0.29, 0.717) is 32.5 Å². The number of hydrogen-bond donors (Lipinski definition) is 1. The number of rotatable bonds is 3. The summed E-state index contributed by atoms with van der Waals surface area (Å²) < 4.78 is 0. The van der Waals surface area contributed by atoms with E-state index in [1.54, 1.807) is 4.90 Å². The topological polar surface area (TPSA) is 76.4 Å². The molecule has 0 aromatic heterocycles. The van der Waals surface area contributed by atoms with Gasteiger partial charge in [-0.1, -0.05) is 0 Å². The summed E-state index contributed by atoms with van der Waals surface area (Å²) in [7, 11) is 0. The normalized spacial score (nSPS) is 25.7. The van der Waals surface area contributed by atoms with E-state index in [4.69, 9.17) is 5.26 Å². The number of piperidine rings is 1. The van der Waals surface area contributed by atoms with Crippen molar-refractivity contribution in [2.45, 2.75) is 52.1 Å². The van der Waals surface area contributed by atoms with Crippen LogP contribution in [0.5, 0.6) is 0 Å². The number of nitriles is 1. The van der Waals surface area contributed by atoms with E-state index >= 15 is 0 Å². The van der Waals surface area contributed by atoms with Crippen LogP contribution in [0.3, 0.4) is 0 Å². The summed E-state index contributed by atoms with van der Waals surface area (Å²) in [5, 5.41) is 12.0. The lowest BCUT2D eigenvalue weighted by Gasteiger charge is -2.39. The molecule has 0 spiro atoms. The van der Waals surface area contributed by atoms with Crippen molar-refractivity contribution in [3.8, 4) is 6.07 Å². The average molecular weight is 306 g/mol. The molecular formula is C16H26N4O2. The van der Waals surface area contributed by atoms with Crippen molar-refractivity contribution >= 4 is 11.8 Å². The second kappa shape index (κ2) is 6.66. The van der Waals surface area contributed by atoms with Gasteiger partial charge in [0.2, 0.25) is 11.8 Å². The van der Waals surface area contributed by atoms with E-state index in [2.05, 4.69) is 30.1 Å². The second-order valence-electron chi connectivity index (χ2n) is 6.90. The lowest BCUT2D eigenvalue weighted by atomic mass is 9.82. The Kier molecular flexibility index (Phi) is 5.07. The van der Waals surface area contributed by atoms with Crippen molar-refractivity contribution in [3.63, 3.8) is 0 Å². The zero-order valence-electron chi connectivity index (χ0n) is 13.8. The largest absolute Gasteiger partial charge is 0.353 e. The monoisotopic (exact) mass is 306 g/mol. The minimum atomic E-state index is -0.370. The summed E-state index contributed by atoms with van der Waals surface area (Å²) in [6.45, 7) is 8.70. The van der Waals surface area contributed by atoms with Gasteiger partial charge in [0.25, 0.3) is 0 Å². The number of amides is 2. The molecule has 2 rings (SSSR count). The first-order valence-corrected chi connectivity index (χ1v) is 8.09. The van der Waals surface area contributed by atoms with Gasteiger partial charge in [0, 0.05) is 32.2 Å². The zero-order valence-corrected chi connectivity index (χ0v) is 13.8. The molecule has 2 aliphatic rings. The van der Waals surface area contributed by atoms with Crippen molar-refractivity contribution < 1.29 is 9.59 Å². The van der Waals surface area contributed by atoms with Crippen molar-refractivity contribution in [1.29, 1.82) is 5.26 Å². The highest BCUT2D eigenvalue weighted by Gasteiger charge is 2.36. The van der Waals surface area contributed by atoms with Crippen LogP contribution < -0.4 is 5.32 Å². The Balaban J connectivity index is 1.96. The molecule has 2 aliphatic heterocycles. The van der Waals surface area contributed by atoms with Crippen LogP contribution in [0.1, 0.15) is 40.0 Å². The van der Waals surface area contributed by atoms with Crippen LogP contribution in [0, 0.1) is 16.7 Å². The first kappa shape index (κ1) is 16.8. The summed E-state index contributed by atoms with van der Waals surface area (Å²) in [5.41, 5.74) is -0.317. The van der Waals surface area contributed by atoms with Crippen molar-refractivity contribution in [3.05, 3.63) is 0 Å². The fourth-order valence-corrected chi connectivity index (χ4v) is 3.22. The van der Waals surface area contributed by atoms with Crippen LogP contribution in [0.2, 0.25) is 0 Å². The summed E-state index contributed by atoms with van der Waals surface area (Å²) in [5.74, 6) is -0.0279. The summed E-state index contributed by atoms with van der Waals surface area (Å²) >= 11 is 0. The highest BCUT2D eigenvalue weighted by molar-refractivity contribution is 5.89. The molecule has 1 unspecified atom stereocenters. The van der Waals surface area contributed by atoms with Crippen LogP contribution in [0.15, 0.2) is 0 Å². The summed E-state index contributed by atoms with van der Waals surface area (Å²) in [6, 6.07) is 2.21. The highest BCUT2D eigenvalue weighted by atomic mass is 16.2. The number of likely N-dealkylation sites (tertiary alicyclic amines) is 1. The van der Waals surface area contributed by atoms with E-state index in [-0.39, 0.29) is 35.7 Å². The van der Waals surface area contributed by atoms with Crippen LogP contribution in [0.25, 0.3) is 0 Å². The fourth-order valence-electron chi connectivity index (χ4n) is 3.22. The number of nitrogens with one attached hydrogen (secondary N) is 1. The average Bonchev–Trinajstić information content (AvgIpc) is 2.49. The van der Waals surface area contributed by atoms with Gasteiger partial charge < -0.3 is 10.2 Å². The van der Waals surface area contributed by atoms with Crippen LogP contribution in [-0.4, -0.2) is 59.9 Å². The van der Waals surface area contributed by atoms with E-state index < -0.39 is 0 Å². The number of carbonyl (C=O) groups is 2. The van der Waals surface area contributed by atoms with Gasteiger partial charge in [0.05, 0.1) is 23.9 Å². The molecule has 122 valence electrons. The molecule has 0 aromatic carbocycles. The van der Waals surface area contributed by atoms with Gasteiger partial charge in [-0.3, -0.25) is 14.5 Å². The Morgan fingerprint density at radius 1 is 1.41 bits per heavy atom. The third-order valence-electron chi connectivity index (χ3n) is 4.89. The Morgan fingerprint density at radius 2 is 2.05 bits per heavy atom. The predicted molar refractivity (Wildman–Crippen MR) is 82.8 cm³/mol. The molecule has 6 heteroatoms. The van der Waals surface area contributed by atoms with Crippen LogP contribution >= 0.6 is 0 Å². The fraction of sp³-hybridized carbons (Fsp3) is 0.812. The molecule has 1 atom stereocenters. The molecule has 2 heterocycles. The van der Waals surface area contributed by atoms with Gasteiger partial charge in [-0.25, -0.2) is 0 Å². The molecule has 0 radical (unpaired) electrons. The molecule has 1 N–H and O–H groups in total. The highest BCUT2D eigenvalue weighted by Crippen LogP contribution is 2.30. The third kappa shape index (κ3) is 3.58. The second-order valence-corrected chi connectivity index (χ2v) is 6.90. The minimum Gasteiger partial charge on any atom is -0.353 e. The third-order valence-corrected chi connectivity index (χ3v) is 4.89. The van der Waals surface area contributed by atoms with Crippen molar-refractivity contribution in [2.24, 2.45) is 5.41 Å². The predicted octanol–water partition coefficient (Wildman–Crippen LogP) is 0.738. The van der Waals surface area contributed by atoms with Gasteiger partial charge in [0.15, 0.2) is 0 Å². The minimum absolute atomic E-state index is 0.0210. The maximum Gasteiger partial charge on any atom is 0.237 e. The molecule has 6 nitrogen and oxygen atoms in total. The maximum atomic E-state index is 12.5. The SMILES string of the molecule is CC(C)N1CCNC(=O)C1CC(=O)N1CCC(C)(C#N)CC1. The Bertz CT molecular complexity index is 475. The van der Waals surface area contributed by atoms with Crippen LogP contribution in [0.4, 0.5) is 0 Å². The van der Waals surface area contributed by atoms with Gasteiger partial charge >= 0.3 is 0 Å². The van der Waals surface area contributed by atoms with E-state index in [9.17, 15) is 9.59 Å². The molecule has 2 fully saturated rings. The molecule has 0 aromatic rings. The molecule has 0 aliphatic carbocycles.